The van der Waals surface area contributed by atoms with Gasteiger partial charge in [-0.05, 0) is 30.7 Å². The van der Waals surface area contributed by atoms with Gasteiger partial charge in [0.2, 0.25) is 23.6 Å². The van der Waals surface area contributed by atoms with E-state index in [0.717, 1.165) is 17.4 Å². The average molecular weight is 628 g/mol. The molecule has 0 aliphatic heterocycles. The summed E-state index contributed by atoms with van der Waals surface area (Å²) in [4.78, 5) is 83.8. The van der Waals surface area contributed by atoms with Crippen LogP contribution >= 0.6 is 7.60 Å². The van der Waals surface area contributed by atoms with Gasteiger partial charge < -0.3 is 40.7 Å². The van der Waals surface area contributed by atoms with Crippen molar-refractivity contribution in [2.24, 2.45) is 11.8 Å². The van der Waals surface area contributed by atoms with E-state index < -0.39 is 67.1 Å². The third-order valence-corrected chi connectivity index (χ3v) is 7.61. The normalized spacial score (nSPS) is 14.2. The second-order valence-corrected chi connectivity index (χ2v) is 13.0. The van der Waals surface area contributed by atoms with E-state index in [-0.39, 0.29) is 25.5 Å². The van der Waals surface area contributed by atoms with E-state index in [1.165, 1.54) is 7.05 Å². The van der Waals surface area contributed by atoms with Crippen LogP contribution in [0.15, 0.2) is 30.3 Å². The largest absolute Gasteiger partial charge is 0.445 e. The fourth-order valence-electron chi connectivity index (χ4n) is 3.85. The zero-order chi connectivity index (χ0) is 32.9. The highest BCUT2D eigenvalue weighted by Gasteiger charge is 2.34. The highest BCUT2D eigenvalue weighted by atomic mass is 31.2. The van der Waals surface area contributed by atoms with E-state index in [9.17, 15) is 38.3 Å². The Balaban J connectivity index is 2.85. The topological polar surface area (TPSA) is 203 Å². The Hall–Kier alpha value is -3.48. The highest BCUT2D eigenvalue weighted by Crippen LogP contribution is 2.39. The van der Waals surface area contributed by atoms with E-state index in [4.69, 9.17) is 4.74 Å². The number of amides is 5. The highest BCUT2D eigenvalue weighted by molar-refractivity contribution is 7.52. The van der Waals surface area contributed by atoms with Gasteiger partial charge in [0.25, 0.3) is 0 Å². The lowest BCUT2D eigenvalue weighted by Gasteiger charge is -2.29. The van der Waals surface area contributed by atoms with Crippen molar-refractivity contribution in [2.75, 3.05) is 13.6 Å². The van der Waals surface area contributed by atoms with Gasteiger partial charge in [0.05, 0.1) is 0 Å². The number of hydrogen-bond acceptors (Lipinski definition) is 7. The molecule has 0 radical (unpaired) electrons. The number of nitrogens with zero attached hydrogens (tertiary/aromatic N) is 1. The fraction of sp³-hybridized carbons (Fsp3) is 0.607. The molecule has 6 N–H and O–H groups in total. The van der Waals surface area contributed by atoms with Gasteiger partial charge in [0, 0.05) is 7.05 Å². The van der Waals surface area contributed by atoms with Crippen LogP contribution in [0.1, 0.15) is 59.9 Å². The minimum atomic E-state index is -4.59. The summed E-state index contributed by atoms with van der Waals surface area (Å²) in [7, 11) is -3.20. The second kappa shape index (κ2) is 17.6. The van der Waals surface area contributed by atoms with Gasteiger partial charge in [-0.25, -0.2) is 4.79 Å². The van der Waals surface area contributed by atoms with Crippen molar-refractivity contribution in [3.63, 3.8) is 0 Å². The first-order valence-corrected chi connectivity index (χ1v) is 15.8. The second-order valence-electron chi connectivity index (χ2n) is 11.0. The van der Waals surface area contributed by atoms with E-state index in [2.05, 4.69) is 21.3 Å². The Morgan fingerprint density at radius 2 is 1.37 bits per heavy atom. The van der Waals surface area contributed by atoms with Gasteiger partial charge in [-0.1, -0.05) is 71.4 Å². The van der Waals surface area contributed by atoms with Crippen LogP contribution < -0.4 is 21.3 Å². The molecule has 1 rings (SSSR count). The number of carbonyl (C=O) groups is 5. The lowest BCUT2D eigenvalue weighted by molar-refractivity contribution is -0.135. The Bertz CT molecular complexity index is 1140. The van der Waals surface area contributed by atoms with Crippen LogP contribution in [-0.4, -0.2) is 81.9 Å². The van der Waals surface area contributed by atoms with Crippen LogP contribution in [0, 0.1) is 11.8 Å². The molecule has 1 aromatic carbocycles. The summed E-state index contributed by atoms with van der Waals surface area (Å²) in [5, 5.41) is 10.0. The summed E-state index contributed by atoms with van der Waals surface area (Å²) in [6.07, 6.45) is -0.0466. The Kier molecular flexibility index (Phi) is 15.4. The van der Waals surface area contributed by atoms with Gasteiger partial charge in [0.15, 0.2) is 0 Å². The molecule has 0 aliphatic rings. The van der Waals surface area contributed by atoms with Gasteiger partial charge in [0.1, 0.15) is 37.1 Å². The molecule has 43 heavy (non-hydrogen) atoms. The SMILES string of the molecule is CCC[C@H](NC(=O)[C@@H](NC(=O)[C@@H](NC(=O)CN(C)C(=O)OCc1ccccc1)C(C)C)C(C)C)C(=O)N[C@@H](C)P(=O)(O)O. The van der Waals surface area contributed by atoms with Gasteiger partial charge in [-0.3, -0.25) is 23.7 Å². The standard InChI is InChI=1S/C28H46N5O9P/c1-8-12-21(25(35)29-19(6)43(39,40)41)30-26(36)24(18(4)5)32-27(37)23(17(2)3)31-22(34)15-33(7)28(38)42-16-20-13-10-9-11-14-20/h9-11,13-14,17-19,21,23-24H,8,12,15-16H2,1-7H3,(H,29,35)(H,30,36)(H,31,34)(H,32,37)(H2,39,40,41)/t19-,21+,23+,24+/m1/s1. The first-order valence-electron chi connectivity index (χ1n) is 14.1. The summed E-state index contributed by atoms with van der Waals surface area (Å²) in [5.74, 6) is -4.94. The molecule has 0 bridgehead atoms. The van der Waals surface area contributed by atoms with E-state index in [1.54, 1.807) is 46.8 Å². The maximum absolute atomic E-state index is 13.2. The molecule has 1 aromatic rings. The van der Waals surface area contributed by atoms with Crippen LogP contribution in [-0.2, 0) is 35.1 Å². The third-order valence-electron chi connectivity index (χ3n) is 6.48. The molecule has 0 heterocycles. The molecule has 0 unspecified atom stereocenters. The number of likely N-dealkylation sites (N-methyl/N-ethyl adjacent to an activating group) is 1. The van der Waals surface area contributed by atoms with Gasteiger partial charge >= 0.3 is 13.7 Å². The van der Waals surface area contributed by atoms with Crippen molar-refractivity contribution < 1.29 is 43.1 Å². The molecular weight excluding hydrogens is 581 g/mol. The van der Waals surface area contributed by atoms with Gasteiger partial charge in [-0.15, -0.1) is 0 Å². The lowest BCUT2D eigenvalue weighted by Crippen LogP contribution is -2.59. The molecule has 0 saturated heterocycles. The van der Waals surface area contributed by atoms with Crippen molar-refractivity contribution >= 4 is 37.3 Å². The van der Waals surface area contributed by atoms with E-state index in [0.29, 0.717) is 6.42 Å². The number of ether oxygens (including phenoxy) is 1. The van der Waals surface area contributed by atoms with Crippen molar-refractivity contribution in [3.05, 3.63) is 35.9 Å². The van der Waals surface area contributed by atoms with Crippen LogP contribution in [0.4, 0.5) is 4.79 Å². The van der Waals surface area contributed by atoms with Crippen molar-refractivity contribution in [1.82, 2.24) is 26.2 Å². The number of benzene rings is 1. The smallest absolute Gasteiger partial charge is 0.410 e. The monoisotopic (exact) mass is 627 g/mol. The molecule has 0 saturated carbocycles. The molecule has 4 atom stereocenters. The Morgan fingerprint density at radius 1 is 0.837 bits per heavy atom. The predicted molar refractivity (Wildman–Crippen MR) is 159 cm³/mol. The minimum absolute atomic E-state index is 0.0325. The van der Waals surface area contributed by atoms with E-state index in [1.807, 2.05) is 18.2 Å². The minimum Gasteiger partial charge on any atom is -0.445 e. The molecule has 5 amide bonds. The fourth-order valence-corrected chi connectivity index (χ4v) is 4.15. The quantitative estimate of drug-likeness (QED) is 0.147. The maximum atomic E-state index is 13.2. The maximum Gasteiger partial charge on any atom is 0.410 e. The third kappa shape index (κ3) is 13.1. The molecule has 0 spiro atoms. The summed E-state index contributed by atoms with van der Waals surface area (Å²) in [5.41, 5.74) is 0.784. The molecular formula is C28H46N5O9P. The molecule has 242 valence electrons. The first-order chi connectivity index (χ1) is 20.0. The lowest BCUT2D eigenvalue weighted by atomic mass is 9.99. The summed E-state index contributed by atoms with van der Waals surface area (Å²) in [6.45, 7) is 9.38. The number of hydrogen-bond donors (Lipinski definition) is 6. The van der Waals surface area contributed by atoms with Crippen LogP contribution in [0.3, 0.4) is 0 Å². The zero-order valence-corrected chi connectivity index (χ0v) is 26.7. The van der Waals surface area contributed by atoms with Crippen LogP contribution in [0.25, 0.3) is 0 Å². The molecule has 15 heteroatoms. The Morgan fingerprint density at radius 3 is 1.88 bits per heavy atom. The number of rotatable bonds is 16. The molecule has 0 aliphatic carbocycles. The Labute approximate surface area is 252 Å². The van der Waals surface area contributed by atoms with Crippen molar-refractivity contribution in [1.29, 1.82) is 0 Å². The summed E-state index contributed by atoms with van der Waals surface area (Å²) in [6, 6.07) is 5.80. The van der Waals surface area contributed by atoms with Gasteiger partial charge in [-0.2, -0.15) is 0 Å². The van der Waals surface area contributed by atoms with Crippen molar-refractivity contribution in [2.45, 2.75) is 84.9 Å². The van der Waals surface area contributed by atoms with Crippen LogP contribution in [0.5, 0.6) is 0 Å². The van der Waals surface area contributed by atoms with Crippen LogP contribution in [0.2, 0.25) is 0 Å². The average Bonchev–Trinajstić information content (AvgIpc) is 2.92. The number of carbonyl (C=O) groups excluding carboxylic acids is 5. The summed E-state index contributed by atoms with van der Waals surface area (Å²) >= 11 is 0. The molecule has 0 fully saturated rings. The number of nitrogens with one attached hydrogen (secondary N) is 4. The molecule has 14 nitrogen and oxygen atoms in total. The predicted octanol–water partition coefficient (Wildman–Crippen LogP) is 1.46. The molecule has 0 aromatic heterocycles. The zero-order valence-electron chi connectivity index (χ0n) is 25.8. The first kappa shape index (κ1) is 37.5. The van der Waals surface area contributed by atoms with E-state index >= 15 is 0 Å². The summed E-state index contributed by atoms with van der Waals surface area (Å²) < 4.78 is 16.7. The van der Waals surface area contributed by atoms with Crippen molar-refractivity contribution in [3.8, 4) is 0 Å².